The van der Waals surface area contributed by atoms with E-state index < -0.39 is 0 Å². The maximum absolute atomic E-state index is 4.84. The molecule has 8 heavy (non-hydrogen) atoms. The zero-order chi connectivity index (χ0) is 6.41. The maximum atomic E-state index is 4.84. The molecule has 0 aromatic heterocycles. The van der Waals surface area contributed by atoms with Crippen molar-refractivity contribution < 1.29 is 0 Å². The van der Waals surface area contributed by atoms with E-state index in [0.717, 1.165) is 3.53 Å². The Morgan fingerprint density at radius 3 is 1.88 bits per heavy atom. The molecule has 0 aromatic rings. The average Bonchev–Trinajstić information content (AvgIpc) is 1.68. The molecule has 0 amide bonds. The Kier molecular flexibility index (Phi) is 5.59. The van der Waals surface area contributed by atoms with Crippen molar-refractivity contribution in [2.75, 3.05) is 0 Å². The van der Waals surface area contributed by atoms with Gasteiger partial charge < -0.3 is 0 Å². The second kappa shape index (κ2) is 5.41. The van der Waals surface area contributed by atoms with Gasteiger partial charge in [0.2, 0.25) is 0 Å². The van der Waals surface area contributed by atoms with Gasteiger partial charge in [0.15, 0.2) is 0 Å². The van der Waals surface area contributed by atoms with Crippen molar-refractivity contribution in [3.05, 3.63) is 24.0 Å². The lowest BCUT2D eigenvalue weighted by atomic mass is 11.3. The van der Waals surface area contributed by atoms with Gasteiger partial charge in [0.25, 0.3) is 0 Å². The summed E-state index contributed by atoms with van der Waals surface area (Å²) in [4.78, 5) is 0. The largest absolute Gasteiger partial charge is 0.112 e. The van der Waals surface area contributed by atoms with Crippen molar-refractivity contribution in [1.29, 1.82) is 0 Å². The Balaban J connectivity index is 3.32. The zero-order valence-corrected chi connectivity index (χ0v) is 6.74. The lowest BCUT2D eigenvalue weighted by molar-refractivity contribution is 2.67. The maximum Gasteiger partial charge on any atom is 0.112 e. The molecule has 3 heteroatoms. The summed E-state index contributed by atoms with van der Waals surface area (Å²) in [5, 5.41) is 3.41. The normalized spacial score (nSPS) is 8.00. The molecule has 0 aliphatic heterocycles. The highest BCUT2D eigenvalue weighted by atomic mass is 32.2. The molecule has 0 saturated carbocycles. The van der Waals surface area contributed by atoms with Crippen molar-refractivity contribution in [3.8, 4) is 0 Å². The SMILES string of the molecule is C=CSC(=S)SC=C. The van der Waals surface area contributed by atoms with Gasteiger partial charge in [-0.1, -0.05) is 48.9 Å². The van der Waals surface area contributed by atoms with E-state index in [0.29, 0.717) is 0 Å². The van der Waals surface area contributed by atoms with E-state index in [2.05, 4.69) is 13.2 Å². The fourth-order valence-corrected chi connectivity index (χ4v) is 1.47. The van der Waals surface area contributed by atoms with Crippen LogP contribution in [0.25, 0.3) is 0 Å². The van der Waals surface area contributed by atoms with Gasteiger partial charge in [0.1, 0.15) is 3.53 Å². The van der Waals surface area contributed by atoms with Gasteiger partial charge in [-0.2, -0.15) is 0 Å². The minimum absolute atomic E-state index is 0.843. The van der Waals surface area contributed by atoms with Crippen molar-refractivity contribution >= 4 is 39.3 Å². The Hall–Kier alpha value is 0.270. The van der Waals surface area contributed by atoms with Crippen LogP contribution < -0.4 is 0 Å². The van der Waals surface area contributed by atoms with Gasteiger partial charge >= 0.3 is 0 Å². The fourth-order valence-electron chi connectivity index (χ4n) is 0.164. The van der Waals surface area contributed by atoms with Gasteiger partial charge in [0, 0.05) is 0 Å². The van der Waals surface area contributed by atoms with Crippen LogP contribution in [-0.2, 0) is 0 Å². The van der Waals surface area contributed by atoms with Gasteiger partial charge in [-0.15, -0.1) is 0 Å². The Bertz CT molecular complexity index is 94.2. The molecule has 0 N–H and O–H groups in total. The molecule has 44 valence electrons. The molecule has 0 fully saturated rings. The molecule has 0 radical (unpaired) electrons. The topological polar surface area (TPSA) is 0 Å². The van der Waals surface area contributed by atoms with E-state index in [4.69, 9.17) is 12.2 Å². The summed E-state index contributed by atoms with van der Waals surface area (Å²) >= 11 is 7.72. The van der Waals surface area contributed by atoms with E-state index in [1.807, 2.05) is 0 Å². The van der Waals surface area contributed by atoms with Crippen LogP contribution in [0.5, 0.6) is 0 Å². The highest BCUT2D eigenvalue weighted by molar-refractivity contribution is 8.48. The van der Waals surface area contributed by atoms with Crippen LogP contribution in [0.15, 0.2) is 24.0 Å². The van der Waals surface area contributed by atoms with E-state index in [9.17, 15) is 0 Å². The van der Waals surface area contributed by atoms with Gasteiger partial charge in [0.05, 0.1) is 0 Å². The number of hydrogen-bond acceptors (Lipinski definition) is 3. The molecule has 0 bridgehead atoms. The summed E-state index contributed by atoms with van der Waals surface area (Å²) in [6, 6.07) is 0. The standard InChI is InChI=1S/C5H6S3/c1-3-7-5(6)8-4-2/h3-4H,1-2H2. The zero-order valence-electron chi connectivity index (χ0n) is 4.29. The minimum Gasteiger partial charge on any atom is -0.0923 e. The molecule has 0 spiro atoms. The van der Waals surface area contributed by atoms with Crippen molar-refractivity contribution in [1.82, 2.24) is 0 Å². The average molecular weight is 162 g/mol. The predicted octanol–water partition coefficient (Wildman–Crippen LogP) is 3.02. The van der Waals surface area contributed by atoms with Crippen LogP contribution in [0, 0.1) is 0 Å². The molecule has 0 nitrogen and oxygen atoms in total. The van der Waals surface area contributed by atoms with E-state index >= 15 is 0 Å². The van der Waals surface area contributed by atoms with Crippen molar-refractivity contribution in [2.45, 2.75) is 0 Å². The first-order valence-corrected chi connectivity index (χ1v) is 4.07. The monoisotopic (exact) mass is 162 g/mol. The molecule has 0 saturated heterocycles. The molecule has 0 aromatic carbocycles. The summed E-state index contributed by atoms with van der Waals surface area (Å²) in [5.74, 6) is 0. The quantitative estimate of drug-likeness (QED) is 0.573. The summed E-state index contributed by atoms with van der Waals surface area (Å²) in [5.41, 5.74) is 0. The molecule has 0 aliphatic carbocycles. The number of hydrogen-bond donors (Lipinski definition) is 0. The number of thioether (sulfide) groups is 2. The third-order valence-corrected chi connectivity index (χ3v) is 2.23. The van der Waals surface area contributed by atoms with Gasteiger partial charge in [-0.3, -0.25) is 0 Å². The molecule has 0 atom stereocenters. The molecule has 0 heterocycles. The van der Waals surface area contributed by atoms with E-state index in [-0.39, 0.29) is 0 Å². The Labute approximate surface area is 63.4 Å². The fraction of sp³-hybridized carbons (Fsp3) is 0. The van der Waals surface area contributed by atoms with Gasteiger partial charge in [-0.05, 0) is 10.8 Å². The first-order valence-electron chi connectivity index (χ1n) is 1.90. The highest BCUT2D eigenvalue weighted by Crippen LogP contribution is 2.17. The molecule has 0 rings (SSSR count). The van der Waals surface area contributed by atoms with Crippen LogP contribution in [0.3, 0.4) is 0 Å². The summed E-state index contributed by atoms with van der Waals surface area (Å²) in [6.45, 7) is 7.02. The lowest BCUT2D eigenvalue weighted by Crippen LogP contribution is -1.68. The highest BCUT2D eigenvalue weighted by Gasteiger charge is 1.87. The summed E-state index contributed by atoms with van der Waals surface area (Å²) < 4.78 is 0.843. The van der Waals surface area contributed by atoms with Crippen molar-refractivity contribution in [3.63, 3.8) is 0 Å². The molecular formula is C5H6S3. The van der Waals surface area contributed by atoms with Crippen LogP contribution in [-0.4, -0.2) is 3.53 Å². The lowest BCUT2D eigenvalue weighted by Gasteiger charge is -1.88. The Morgan fingerprint density at radius 2 is 1.62 bits per heavy atom. The molecular weight excluding hydrogens is 156 g/mol. The smallest absolute Gasteiger partial charge is 0.0923 e. The van der Waals surface area contributed by atoms with E-state index in [1.54, 1.807) is 10.8 Å². The van der Waals surface area contributed by atoms with Crippen LogP contribution >= 0.6 is 35.7 Å². The predicted molar refractivity (Wildman–Crippen MR) is 48.2 cm³/mol. The molecule has 0 aliphatic rings. The third-order valence-electron chi connectivity index (χ3n) is 0.359. The second-order valence-electron chi connectivity index (χ2n) is 0.819. The van der Waals surface area contributed by atoms with Crippen LogP contribution in [0.2, 0.25) is 0 Å². The molecule has 0 unspecified atom stereocenters. The van der Waals surface area contributed by atoms with Crippen LogP contribution in [0.4, 0.5) is 0 Å². The Morgan fingerprint density at radius 1 is 1.25 bits per heavy atom. The first kappa shape index (κ1) is 8.27. The summed E-state index contributed by atoms with van der Waals surface area (Å²) in [7, 11) is 0. The second-order valence-corrected chi connectivity index (χ2v) is 3.96. The summed E-state index contributed by atoms with van der Waals surface area (Å²) in [6.07, 6.45) is 0. The number of rotatable bonds is 2. The first-order chi connectivity index (χ1) is 3.81. The van der Waals surface area contributed by atoms with Crippen molar-refractivity contribution in [2.24, 2.45) is 0 Å². The minimum atomic E-state index is 0.843. The third kappa shape index (κ3) is 4.43. The number of thiocarbonyl (C=S) groups is 1. The van der Waals surface area contributed by atoms with Gasteiger partial charge in [-0.25, -0.2) is 0 Å². The van der Waals surface area contributed by atoms with E-state index in [1.165, 1.54) is 23.5 Å². The van der Waals surface area contributed by atoms with Crippen LogP contribution in [0.1, 0.15) is 0 Å².